The molecule has 24 heavy (non-hydrogen) atoms. The summed E-state index contributed by atoms with van der Waals surface area (Å²) in [6.07, 6.45) is -2.10. The highest BCUT2D eigenvalue weighted by Gasteiger charge is 2.26. The van der Waals surface area contributed by atoms with Gasteiger partial charge in [-0.25, -0.2) is 13.2 Å². The van der Waals surface area contributed by atoms with E-state index >= 15 is 0 Å². The molecule has 6 heteroatoms. The fourth-order valence-electron chi connectivity index (χ4n) is 2.72. The van der Waals surface area contributed by atoms with Gasteiger partial charge in [-0.1, -0.05) is 31.8 Å². The molecule has 0 spiro atoms. The molecule has 0 radical (unpaired) electrons. The lowest BCUT2D eigenvalue weighted by Gasteiger charge is -2.25. The van der Waals surface area contributed by atoms with Crippen molar-refractivity contribution in [2.24, 2.45) is 11.8 Å². The second kappa shape index (κ2) is 7.33. The van der Waals surface area contributed by atoms with Gasteiger partial charge in [0.15, 0.2) is 5.83 Å². The van der Waals surface area contributed by atoms with Gasteiger partial charge in [0.05, 0.1) is 5.56 Å². The molecule has 1 aliphatic rings. The molecule has 1 fully saturated rings. The van der Waals surface area contributed by atoms with Gasteiger partial charge in [-0.2, -0.15) is 13.2 Å². The number of allylic oxidation sites excluding steroid dienone is 1. The van der Waals surface area contributed by atoms with Gasteiger partial charge in [-0.3, -0.25) is 0 Å². The Morgan fingerprint density at radius 3 is 2.25 bits per heavy atom. The van der Waals surface area contributed by atoms with Crippen LogP contribution in [0.2, 0.25) is 0 Å². The molecule has 0 nitrogen and oxygen atoms in total. The average Bonchev–Trinajstić information content (AvgIpc) is 2.52. The lowest BCUT2D eigenvalue weighted by Crippen LogP contribution is -2.13. The predicted octanol–water partition coefficient (Wildman–Crippen LogP) is 6.17. The molecule has 0 bridgehead atoms. The van der Waals surface area contributed by atoms with Crippen LogP contribution in [0.5, 0.6) is 0 Å². The summed E-state index contributed by atoms with van der Waals surface area (Å²) in [5.74, 6) is -0.694. The van der Waals surface area contributed by atoms with Crippen molar-refractivity contribution >= 4 is 5.83 Å². The molecule has 0 heterocycles. The maximum absolute atomic E-state index is 14.2. The standard InChI is InChI=1S/C18H16F6/c1-11-2-4-13(5-3-11)16(20)17(21)14-7-6-12(15(19)10-14)8-9-18(22,23)24/h6-7,10-11,13H,2-5H2,1H3/b17-16+. The van der Waals surface area contributed by atoms with E-state index in [1.807, 2.05) is 6.92 Å². The Labute approximate surface area is 136 Å². The van der Waals surface area contributed by atoms with Crippen LogP contribution in [0.3, 0.4) is 0 Å². The van der Waals surface area contributed by atoms with E-state index in [0.717, 1.165) is 30.9 Å². The highest BCUT2D eigenvalue weighted by atomic mass is 19.4. The Morgan fingerprint density at radius 1 is 1.08 bits per heavy atom. The quantitative estimate of drug-likeness (QED) is 0.443. The summed E-state index contributed by atoms with van der Waals surface area (Å²) in [5.41, 5.74) is -0.850. The Balaban J connectivity index is 2.23. The molecule has 0 saturated heterocycles. The van der Waals surface area contributed by atoms with Gasteiger partial charge in [-0.15, -0.1) is 0 Å². The zero-order chi connectivity index (χ0) is 17.9. The molecule has 1 aliphatic carbocycles. The maximum atomic E-state index is 14.2. The van der Waals surface area contributed by atoms with Crippen molar-refractivity contribution in [1.29, 1.82) is 0 Å². The van der Waals surface area contributed by atoms with E-state index in [9.17, 15) is 26.3 Å². The lowest BCUT2D eigenvalue weighted by molar-refractivity contribution is -0.0696. The first kappa shape index (κ1) is 18.4. The van der Waals surface area contributed by atoms with Crippen LogP contribution in [-0.2, 0) is 0 Å². The van der Waals surface area contributed by atoms with Crippen LogP contribution in [-0.4, -0.2) is 6.18 Å². The number of hydrogen-bond acceptors (Lipinski definition) is 0. The summed E-state index contributed by atoms with van der Waals surface area (Å²) in [4.78, 5) is 0. The van der Waals surface area contributed by atoms with Crippen LogP contribution in [0.1, 0.15) is 43.7 Å². The van der Waals surface area contributed by atoms with Crippen LogP contribution in [0.15, 0.2) is 24.0 Å². The lowest BCUT2D eigenvalue weighted by atomic mass is 9.82. The van der Waals surface area contributed by atoms with Crippen molar-refractivity contribution < 1.29 is 26.3 Å². The topological polar surface area (TPSA) is 0 Å². The van der Waals surface area contributed by atoms with Crippen molar-refractivity contribution in [1.82, 2.24) is 0 Å². The Morgan fingerprint density at radius 2 is 1.71 bits per heavy atom. The molecule has 0 amide bonds. The molecule has 1 aromatic rings. The monoisotopic (exact) mass is 346 g/mol. The van der Waals surface area contributed by atoms with Crippen LogP contribution in [0.4, 0.5) is 26.3 Å². The van der Waals surface area contributed by atoms with E-state index in [-0.39, 0.29) is 5.56 Å². The van der Waals surface area contributed by atoms with E-state index in [1.54, 1.807) is 5.92 Å². The minimum atomic E-state index is -4.75. The molecule has 0 atom stereocenters. The molecule has 130 valence electrons. The van der Waals surface area contributed by atoms with E-state index < -0.39 is 35.1 Å². The van der Waals surface area contributed by atoms with Crippen molar-refractivity contribution in [3.8, 4) is 11.8 Å². The van der Waals surface area contributed by atoms with E-state index in [2.05, 4.69) is 0 Å². The third-order valence-corrected chi connectivity index (χ3v) is 4.15. The summed E-state index contributed by atoms with van der Waals surface area (Å²) >= 11 is 0. The van der Waals surface area contributed by atoms with Crippen LogP contribution >= 0.6 is 0 Å². The smallest absolute Gasteiger partial charge is 0.208 e. The fourth-order valence-corrected chi connectivity index (χ4v) is 2.72. The Bertz CT molecular complexity index is 682. The van der Waals surface area contributed by atoms with Gasteiger partial charge in [0, 0.05) is 17.4 Å². The molecule has 1 saturated carbocycles. The second-order valence-corrected chi connectivity index (χ2v) is 6.06. The fraction of sp³-hybridized carbons (Fsp3) is 0.444. The number of benzene rings is 1. The number of rotatable bonds is 2. The minimum absolute atomic E-state index is 0.332. The summed E-state index contributed by atoms with van der Waals surface area (Å²) in [5, 5.41) is 0. The van der Waals surface area contributed by atoms with Crippen molar-refractivity contribution in [3.05, 3.63) is 41.0 Å². The molecular formula is C18H16F6. The Kier molecular flexibility index (Phi) is 5.63. The van der Waals surface area contributed by atoms with Crippen LogP contribution in [0, 0.1) is 29.5 Å². The highest BCUT2D eigenvalue weighted by molar-refractivity contribution is 5.62. The predicted molar refractivity (Wildman–Crippen MR) is 79.6 cm³/mol. The maximum Gasteiger partial charge on any atom is 0.458 e. The van der Waals surface area contributed by atoms with Crippen molar-refractivity contribution in [2.45, 2.75) is 38.8 Å². The molecule has 0 N–H and O–H groups in total. The number of alkyl halides is 3. The van der Waals surface area contributed by atoms with Crippen LogP contribution in [0.25, 0.3) is 5.83 Å². The van der Waals surface area contributed by atoms with Gasteiger partial charge in [-0.05, 0) is 30.9 Å². The van der Waals surface area contributed by atoms with Crippen molar-refractivity contribution in [2.75, 3.05) is 0 Å². The van der Waals surface area contributed by atoms with Gasteiger partial charge < -0.3 is 0 Å². The average molecular weight is 346 g/mol. The normalized spacial score (nSPS) is 22.5. The summed E-state index contributed by atoms with van der Waals surface area (Å²) in [7, 11) is 0. The molecule has 0 aliphatic heterocycles. The number of hydrogen-bond donors (Lipinski definition) is 0. The van der Waals surface area contributed by atoms with Gasteiger partial charge >= 0.3 is 6.18 Å². The number of halogens is 6. The van der Waals surface area contributed by atoms with Crippen molar-refractivity contribution in [3.63, 3.8) is 0 Å². The SMILES string of the molecule is CC1CCC(/C(F)=C(\F)c2ccc(C#CC(F)(F)F)c(F)c2)CC1. The third kappa shape index (κ3) is 4.80. The van der Waals surface area contributed by atoms with Gasteiger partial charge in [0.25, 0.3) is 0 Å². The zero-order valence-corrected chi connectivity index (χ0v) is 13.0. The highest BCUT2D eigenvalue weighted by Crippen LogP contribution is 2.37. The first-order valence-corrected chi connectivity index (χ1v) is 7.62. The molecule has 0 aromatic heterocycles. The first-order valence-electron chi connectivity index (χ1n) is 7.62. The second-order valence-electron chi connectivity index (χ2n) is 6.06. The zero-order valence-electron chi connectivity index (χ0n) is 13.0. The molecule has 1 aromatic carbocycles. The van der Waals surface area contributed by atoms with Gasteiger partial charge in [0.1, 0.15) is 11.6 Å². The van der Waals surface area contributed by atoms with Gasteiger partial charge in [0.2, 0.25) is 0 Å². The molecule has 2 rings (SSSR count). The Hall–Kier alpha value is -1.90. The summed E-state index contributed by atoms with van der Waals surface area (Å²) in [6.45, 7) is 2.05. The van der Waals surface area contributed by atoms with Crippen LogP contribution < -0.4 is 0 Å². The minimum Gasteiger partial charge on any atom is -0.208 e. The summed E-state index contributed by atoms with van der Waals surface area (Å²) < 4.78 is 78.2. The molecular weight excluding hydrogens is 330 g/mol. The summed E-state index contributed by atoms with van der Waals surface area (Å²) in [6, 6.07) is 2.61. The largest absolute Gasteiger partial charge is 0.458 e. The molecule has 0 unspecified atom stereocenters. The first-order chi connectivity index (χ1) is 11.2. The third-order valence-electron chi connectivity index (χ3n) is 4.15. The van der Waals surface area contributed by atoms with E-state index in [0.29, 0.717) is 24.8 Å². The van der Waals surface area contributed by atoms with E-state index in [1.165, 1.54) is 0 Å². The van der Waals surface area contributed by atoms with E-state index in [4.69, 9.17) is 0 Å².